The molecule has 1 aromatic carbocycles. The third kappa shape index (κ3) is 2.76. The molecule has 1 aliphatic heterocycles. The Morgan fingerprint density at radius 3 is 2.46 bits per heavy atom. The summed E-state index contributed by atoms with van der Waals surface area (Å²) >= 11 is 11.6. The van der Waals surface area contributed by atoms with Crippen molar-refractivity contribution >= 4 is 23.2 Å². The van der Waals surface area contributed by atoms with Gasteiger partial charge in [0.25, 0.3) is 0 Å². The third-order valence-corrected chi connectivity index (χ3v) is 2.11. The summed E-state index contributed by atoms with van der Waals surface area (Å²) in [5.74, 6) is 0.688. The van der Waals surface area contributed by atoms with Gasteiger partial charge in [-0.25, -0.2) is 0 Å². The van der Waals surface area contributed by atoms with Crippen molar-refractivity contribution in [1.29, 1.82) is 0 Å². The minimum absolute atomic E-state index is 0.248. The van der Waals surface area contributed by atoms with Gasteiger partial charge >= 0.3 is 0 Å². The topological polar surface area (TPSA) is 21.8 Å². The van der Waals surface area contributed by atoms with Crippen LogP contribution in [0.4, 0.5) is 0 Å². The summed E-state index contributed by atoms with van der Waals surface area (Å²) in [5.41, 5.74) is 0. The summed E-state index contributed by atoms with van der Waals surface area (Å²) in [7, 11) is 0. The SMILES string of the molecule is Clc1cc(Cl)cc(OCC2CO2)c1. The quantitative estimate of drug-likeness (QED) is 0.729. The fraction of sp³-hybridized carbons (Fsp3) is 0.333. The van der Waals surface area contributed by atoms with Crippen LogP contribution in [0.1, 0.15) is 0 Å². The van der Waals surface area contributed by atoms with Crippen LogP contribution < -0.4 is 4.74 Å². The molecular weight excluding hydrogens is 211 g/mol. The van der Waals surface area contributed by atoms with Gasteiger partial charge in [-0.05, 0) is 18.2 Å². The van der Waals surface area contributed by atoms with E-state index in [-0.39, 0.29) is 6.10 Å². The van der Waals surface area contributed by atoms with Gasteiger partial charge in [0.2, 0.25) is 0 Å². The van der Waals surface area contributed by atoms with Crippen LogP contribution in [0, 0.1) is 0 Å². The van der Waals surface area contributed by atoms with E-state index in [1.807, 2.05) is 0 Å². The van der Waals surface area contributed by atoms with E-state index >= 15 is 0 Å². The Morgan fingerprint density at radius 1 is 1.31 bits per heavy atom. The second kappa shape index (κ2) is 3.74. The molecular formula is C9H8Cl2O2. The van der Waals surface area contributed by atoms with E-state index < -0.39 is 0 Å². The maximum absolute atomic E-state index is 5.79. The highest BCUT2D eigenvalue weighted by Crippen LogP contribution is 2.24. The number of benzene rings is 1. The fourth-order valence-corrected chi connectivity index (χ4v) is 1.47. The molecule has 1 heterocycles. The molecule has 1 atom stereocenters. The van der Waals surface area contributed by atoms with Crippen molar-refractivity contribution in [3.05, 3.63) is 28.2 Å². The van der Waals surface area contributed by atoms with E-state index in [1.165, 1.54) is 0 Å². The van der Waals surface area contributed by atoms with E-state index in [0.717, 1.165) is 6.61 Å². The number of hydrogen-bond donors (Lipinski definition) is 0. The first-order valence-electron chi connectivity index (χ1n) is 3.94. The summed E-state index contributed by atoms with van der Waals surface area (Å²) in [6.45, 7) is 1.35. The predicted octanol–water partition coefficient (Wildman–Crippen LogP) is 2.77. The molecule has 0 aromatic heterocycles. The predicted molar refractivity (Wildman–Crippen MR) is 51.7 cm³/mol. The molecule has 0 spiro atoms. The van der Waals surface area contributed by atoms with Gasteiger partial charge in [-0.1, -0.05) is 23.2 Å². The van der Waals surface area contributed by atoms with Gasteiger partial charge < -0.3 is 9.47 Å². The van der Waals surface area contributed by atoms with Gasteiger partial charge in [0.05, 0.1) is 6.61 Å². The molecule has 2 nitrogen and oxygen atoms in total. The Balaban J connectivity index is 2.01. The molecule has 1 aliphatic rings. The number of hydrogen-bond acceptors (Lipinski definition) is 2. The largest absolute Gasteiger partial charge is 0.491 e. The molecule has 1 fully saturated rings. The van der Waals surface area contributed by atoms with E-state index in [9.17, 15) is 0 Å². The molecule has 0 bridgehead atoms. The van der Waals surface area contributed by atoms with Crippen LogP contribution in [0.5, 0.6) is 5.75 Å². The lowest BCUT2D eigenvalue weighted by atomic mass is 10.3. The van der Waals surface area contributed by atoms with Gasteiger partial charge in [0, 0.05) is 10.0 Å². The number of halogens is 2. The molecule has 1 aromatic rings. The summed E-state index contributed by atoms with van der Waals surface area (Å²) in [6.07, 6.45) is 0.248. The number of ether oxygens (including phenoxy) is 2. The summed E-state index contributed by atoms with van der Waals surface area (Å²) in [4.78, 5) is 0. The van der Waals surface area contributed by atoms with Crippen molar-refractivity contribution in [1.82, 2.24) is 0 Å². The fourth-order valence-electron chi connectivity index (χ4n) is 0.965. The molecule has 0 aliphatic carbocycles. The zero-order valence-electron chi connectivity index (χ0n) is 6.80. The van der Waals surface area contributed by atoms with Gasteiger partial charge in [-0.3, -0.25) is 0 Å². The van der Waals surface area contributed by atoms with Crippen LogP contribution in [0.15, 0.2) is 18.2 Å². The van der Waals surface area contributed by atoms with Gasteiger partial charge in [-0.2, -0.15) is 0 Å². The summed E-state index contributed by atoms with van der Waals surface area (Å²) < 4.78 is 10.4. The van der Waals surface area contributed by atoms with Crippen LogP contribution in [-0.4, -0.2) is 19.3 Å². The Bertz CT molecular complexity index is 290. The lowest BCUT2D eigenvalue weighted by molar-refractivity contribution is 0.263. The monoisotopic (exact) mass is 218 g/mol. The molecule has 0 amide bonds. The molecule has 0 radical (unpaired) electrons. The zero-order chi connectivity index (χ0) is 9.26. The van der Waals surface area contributed by atoms with Crippen LogP contribution in [-0.2, 0) is 4.74 Å². The molecule has 13 heavy (non-hydrogen) atoms. The standard InChI is InChI=1S/C9H8Cl2O2/c10-6-1-7(11)3-8(2-6)12-4-9-5-13-9/h1-3,9H,4-5H2. The normalized spacial score (nSPS) is 20.0. The van der Waals surface area contributed by atoms with E-state index in [4.69, 9.17) is 32.7 Å². The van der Waals surface area contributed by atoms with Crippen molar-refractivity contribution < 1.29 is 9.47 Å². The van der Waals surface area contributed by atoms with Gasteiger partial charge in [-0.15, -0.1) is 0 Å². The van der Waals surface area contributed by atoms with E-state index in [2.05, 4.69) is 0 Å². The van der Waals surface area contributed by atoms with Crippen molar-refractivity contribution in [2.45, 2.75) is 6.10 Å². The van der Waals surface area contributed by atoms with E-state index in [0.29, 0.717) is 22.4 Å². The molecule has 0 saturated carbocycles. The maximum Gasteiger partial charge on any atom is 0.122 e. The Morgan fingerprint density at radius 2 is 1.92 bits per heavy atom. The maximum atomic E-state index is 5.79. The first-order chi connectivity index (χ1) is 6.24. The molecule has 0 N–H and O–H groups in total. The van der Waals surface area contributed by atoms with Gasteiger partial charge in [0.1, 0.15) is 18.5 Å². The van der Waals surface area contributed by atoms with Crippen molar-refractivity contribution in [2.75, 3.05) is 13.2 Å². The Kier molecular flexibility index (Phi) is 2.63. The summed E-state index contributed by atoms with van der Waals surface area (Å²) in [5, 5.41) is 1.17. The highest BCUT2D eigenvalue weighted by molar-refractivity contribution is 6.34. The Hall–Kier alpha value is -0.440. The highest BCUT2D eigenvalue weighted by atomic mass is 35.5. The lowest BCUT2D eigenvalue weighted by Gasteiger charge is -2.04. The van der Waals surface area contributed by atoms with E-state index in [1.54, 1.807) is 18.2 Å². The first-order valence-corrected chi connectivity index (χ1v) is 4.70. The van der Waals surface area contributed by atoms with Crippen molar-refractivity contribution in [3.63, 3.8) is 0 Å². The summed E-state index contributed by atoms with van der Waals surface area (Å²) in [6, 6.07) is 5.13. The van der Waals surface area contributed by atoms with Crippen LogP contribution in [0.2, 0.25) is 10.0 Å². The van der Waals surface area contributed by atoms with Crippen molar-refractivity contribution in [3.8, 4) is 5.75 Å². The third-order valence-electron chi connectivity index (χ3n) is 1.67. The van der Waals surface area contributed by atoms with Crippen LogP contribution in [0.3, 0.4) is 0 Å². The van der Waals surface area contributed by atoms with Gasteiger partial charge in [0.15, 0.2) is 0 Å². The minimum Gasteiger partial charge on any atom is -0.491 e. The Labute approximate surface area is 86.4 Å². The molecule has 1 unspecified atom stereocenters. The minimum atomic E-state index is 0.248. The molecule has 70 valence electrons. The second-order valence-corrected chi connectivity index (χ2v) is 3.74. The van der Waals surface area contributed by atoms with Crippen LogP contribution in [0.25, 0.3) is 0 Å². The molecule has 1 saturated heterocycles. The zero-order valence-corrected chi connectivity index (χ0v) is 8.31. The average Bonchev–Trinajstić information content (AvgIpc) is 2.81. The van der Waals surface area contributed by atoms with Crippen molar-refractivity contribution in [2.24, 2.45) is 0 Å². The second-order valence-electron chi connectivity index (χ2n) is 2.87. The lowest BCUT2D eigenvalue weighted by Crippen LogP contribution is -2.03. The highest BCUT2D eigenvalue weighted by Gasteiger charge is 2.23. The van der Waals surface area contributed by atoms with Crippen LogP contribution >= 0.6 is 23.2 Å². The average molecular weight is 219 g/mol. The molecule has 4 heteroatoms. The first kappa shape index (κ1) is 9.13. The number of rotatable bonds is 3. The number of epoxide rings is 1. The smallest absolute Gasteiger partial charge is 0.122 e. The molecule has 2 rings (SSSR count).